The van der Waals surface area contributed by atoms with Gasteiger partial charge in [-0.15, -0.1) is 0 Å². The molecule has 0 aromatic heterocycles. The van der Waals surface area contributed by atoms with E-state index in [1.807, 2.05) is 28.2 Å². The van der Waals surface area contributed by atoms with Crippen LogP contribution in [0.1, 0.15) is 219 Å². The Bertz CT molecular complexity index is 1070. The fourth-order valence-corrected chi connectivity index (χ4v) is 7.95. The highest BCUT2D eigenvalue weighted by atomic mass is 16.7. The molecular formula is C53H100N2O7. The predicted octanol–water partition coefficient (Wildman–Crippen LogP) is 13.3. The topological polar surface area (TPSA) is 86.8 Å². The maximum absolute atomic E-state index is 13.0. The van der Waals surface area contributed by atoms with Crippen LogP contribution in [0.25, 0.3) is 0 Å². The molecule has 0 unspecified atom stereocenters. The first-order chi connectivity index (χ1) is 30.3. The first-order valence-corrected chi connectivity index (χ1v) is 26.1. The van der Waals surface area contributed by atoms with Crippen LogP contribution in [0.15, 0.2) is 24.3 Å². The van der Waals surface area contributed by atoms with Gasteiger partial charge in [-0.1, -0.05) is 154 Å². The van der Waals surface area contributed by atoms with Crippen molar-refractivity contribution in [2.24, 2.45) is 0 Å². The Hall–Kier alpha value is -1.78. The zero-order valence-corrected chi connectivity index (χ0v) is 41.5. The van der Waals surface area contributed by atoms with Crippen LogP contribution in [0.3, 0.4) is 0 Å². The number of allylic oxidation sites excluding steroid dienone is 4. The first kappa shape index (κ1) is 58.2. The number of hydrogen-bond acceptors (Lipinski definition) is 9. The van der Waals surface area contributed by atoms with Crippen molar-refractivity contribution >= 4 is 11.9 Å². The van der Waals surface area contributed by atoms with Gasteiger partial charge in [-0.25, -0.2) is 0 Å². The van der Waals surface area contributed by atoms with Gasteiger partial charge in [0.05, 0.1) is 0 Å². The molecule has 0 N–H and O–H groups in total. The molecule has 4 atom stereocenters. The standard InChI is InChI=1S/C53H100N2O7/c1-7-9-11-13-15-17-19-21-23-25-27-29-31-33-35-37-45-58-51-48(47-60-49(56)41-39-43-54(3)4)61-53(62-50(57)42-40-44-55(5)6)52(51)59-46-38-36-34-32-30-28-26-24-22-20-18-16-14-12-10-8-2/h21-24,48,51-53H,7-20,25-47H2,1-6H3/b23-21-,24-22-/t48-,51+,52+,53+/m1/s1. The largest absolute Gasteiger partial charge is 0.463 e. The summed E-state index contributed by atoms with van der Waals surface area (Å²) in [5, 5.41) is 0. The quantitative estimate of drug-likeness (QED) is 0.0337. The van der Waals surface area contributed by atoms with Gasteiger partial charge in [0.2, 0.25) is 6.29 Å². The van der Waals surface area contributed by atoms with E-state index in [2.05, 4.69) is 48.0 Å². The van der Waals surface area contributed by atoms with Gasteiger partial charge >= 0.3 is 11.9 Å². The van der Waals surface area contributed by atoms with E-state index < -0.39 is 24.6 Å². The van der Waals surface area contributed by atoms with E-state index in [4.69, 9.17) is 23.7 Å². The van der Waals surface area contributed by atoms with E-state index >= 15 is 0 Å². The minimum absolute atomic E-state index is 0.0433. The van der Waals surface area contributed by atoms with Gasteiger partial charge in [0.1, 0.15) is 24.9 Å². The van der Waals surface area contributed by atoms with E-state index in [0.717, 1.165) is 45.2 Å². The van der Waals surface area contributed by atoms with Crippen LogP contribution in [0, 0.1) is 0 Å². The summed E-state index contributed by atoms with van der Waals surface area (Å²) >= 11 is 0. The second-order valence-electron chi connectivity index (χ2n) is 18.6. The van der Waals surface area contributed by atoms with Crippen molar-refractivity contribution in [3.8, 4) is 0 Å². The fourth-order valence-electron chi connectivity index (χ4n) is 7.95. The molecule has 0 amide bonds. The molecule has 9 nitrogen and oxygen atoms in total. The van der Waals surface area contributed by atoms with Crippen LogP contribution >= 0.6 is 0 Å². The van der Waals surface area contributed by atoms with E-state index in [9.17, 15) is 9.59 Å². The SMILES string of the molecule is CCCCCCCC/C=C\CCCCCCCCO[C@@H]1[C@H](OC(=O)CCCN(C)C)O[C@H](COC(=O)CCCN(C)C)[C@@H]1OCCCCCCCC/C=C\CCCCCCCC. The number of carbonyl (C=O) groups is 2. The molecule has 0 aromatic carbocycles. The van der Waals surface area contributed by atoms with Crippen molar-refractivity contribution in [3.05, 3.63) is 24.3 Å². The zero-order chi connectivity index (χ0) is 45.1. The van der Waals surface area contributed by atoms with Crippen LogP contribution in [-0.4, -0.2) is 107 Å². The van der Waals surface area contributed by atoms with Crippen molar-refractivity contribution in [3.63, 3.8) is 0 Å². The van der Waals surface area contributed by atoms with E-state index in [0.29, 0.717) is 32.5 Å². The van der Waals surface area contributed by atoms with Gasteiger partial charge in [0.15, 0.2) is 0 Å². The van der Waals surface area contributed by atoms with E-state index in [1.54, 1.807) is 0 Å². The second kappa shape index (κ2) is 43.1. The average Bonchev–Trinajstić information content (AvgIpc) is 3.56. The molecule has 1 aliphatic rings. The van der Waals surface area contributed by atoms with Crippen LogP contribution in [-0.2, 0) is 33.3 Å². The van der Waals surface area contributed by atoms with Crippen molar-refractivity contribution < 1.29 is 33.3 Å². The maximum atomic E-state index is 13.0. The number of nitrogens with zero attached hydrogens (tertiary/aromatic N) is 2. The summed E-state index contributed by atoms with van der Waals surface area (Å²) < 4.78 is 31.1. The summed E-state index contributed by atoms with van der Waals surface area (Å²) in [5.41, 5.74) is 0. The summed E-state index contributed by atoms with van der Waals surface area (Å²) in [6.07, 6.45) is 44.0. The molecule has 0 radical (unpaired) electrons. The van der Waals surface area contributed by atoms with Crippen molar-refractivity contribution in [1.82, 2.24) is 9.80 Å². The third-order valence-corrected chi connectivity index (χ3v) is 11.8. The Morgan fingerprint density at radius 1 is 0.468 bits per heavy atom. The summed E-state index contributed by atoms with van der Waals surface area (Å²) in [7, 11) is 7.99. The molecule has 9 heteroatoms. The van der Waals surface area contributed by atoms with Gasteiger partial charge in [0.25, 0.3) is 0 Å². The predicted molar refractivity (Wildman–Crippen MR) is 260 cm³/mol. The summed E-state index contributed by atoms with van der Waals surface area (Å²) in [6, 6.07) is 0. The third kappa shape index (κ3) is 35.6. The summed E-state index contributed by atoms with van der Waals surface area (Å²) in [4.78, 5) is 29.9. The van der Waals surface area contributed by atoms with Gasteiger partial charge < -0.3 is 33.5 Å². The Balaban J connectivity index is 2.63. The Morgan fingerprint density at radius 3 is 1.26 bits per heavy atom. The van der Waals surface area contributed by atoms with Crippen LogP contribution < -0.4 is 0 Å². The average molecular weight is 877 g/mol. The number of hydrogen-bond donors (Lipinski definition) is 0. The number of unbranched alkanes of at least 4 members (excludes halogenated alkanes) is 24. The highest BCUT2D eigenvalue weighted by Gasteiger charge is 2.49. The van der Waals surface area contributed by atoms with E-state index in [-0.39, 0.29) is 18.5 Å². The van der Waals surface area contributed by atoms with Crippen LogP contribution in [0.4, 0.5) is 0 Å². The molecule has 0 aliphatic carbocycles. The third-order valence-electron chi connectivity index (χ3n) is 11.8. The molecule has 364 valence electrons. The molecular weight excluding hydrogens is 777 g/mol. The minimum atomic E-state index is -0.904. The highest BCUT2D eigenvalue weighted by Crippen LogP contribution is 2.30. The minimum Gasteiger partial charge on any atom is -0.463 e. The lowest BCUT2D eigenvalue weighted by molar-refractivity contribution is -0.197. The smallest absolute Gasteiger partial charge is 0.308 e. The summed E-state index contributed by atoms with van der Waals surface area (Å²) in [6.45, 7) is 7.29. The molecule has 0 bridgehead atoms. The van der Waals surface area contributed by atoms with Gasteiger partial charge in [-0.05, 0) is 118 Å². The van der Waals surface area contributed by atoms with Gasteiger partial charge in [-0.2, -0.15) is 0 Å². The molecule has 1 rings (SSSR count). The Labute approximate surface area is 383 Å². The van der Waals surface area contributed by atoms with Crippen LogP contribution in [0.2, 0.25) is 0 Å². The molecule has 1 heterocycles. The lowest BCUT2D eigenvalue weighted by Crippen LogP contribution is -2.41. The van der Waals surface area contributed by atoms with Gasteiger partial charge in [-0.3, -0.25) is 9.59 Å². The lowest BCUT2D eigenvalue weighted by atomic mass is 10.1. The fraction of sp³-hybridized carbons (Fsp3) is 0.887. The molecule has 1 fully saturated rings. The number of carbonyl (C=O) groups excluding carboxylic acids is 2. The molecule has 0 spiro atoms. The lowest BCUT2D eigenvalue weighted by Gasteiger charge is -2.24. The molecule has 0 saturated carbocycles. The molecule has 1 saturated heterocycles. The van der Waals surface area contributed by atoms with Crippen molar-refractivity contribution in [2.45, 2.75) is 244 Å². The van der Waals surface area contributed by atoms with Crippen molar-refractivity contribution in [1.29, 1.82) is 0 Å². The Kier molecular flexibility index (Phi) is 40.5. The highest BCUT2D eigenvalue weighted by molar-refractivity contribution is 5.69. The molecule has 0 aromatic rings. The number of ether oxygens (including phenoxy) is 5. The number of rotatable bonds is 45. The normalized spacial score (nSPS) is 18.0. The number of esters is 2. The second-order valence-corrected chi connectivity index (χ2v) is 18.6. The summed E-state index contributed by atoms with van der Waals surface area (Å²) in [5.74, 6) is -0.565. The molecule has 1 aliphatic heterocycles. The maximum Gasteiger partial charge on any atom is 0.308 e. The van der Waals surface area contributed by atoms with Gasteiger partial charge in [0, 0.05) is 26.1 Å². The van der Waals surface area contributed by atoms with E-state index in [1.165, 1.54) is 154 Å². The van der Waals surface area contributed by atoms with Crippen LogP contribution in [0.5, 0.6) is 0 Å². The first-order valence-electron chi connectivity index (χ1n) is 26.1. The molecule has 62 heavy (non-hydrogen) atoms. The Morgan fingerprint density at radius 2 is 0.839 bits per heavy atom. The zero-order valence-electron chi connectivity index (χ0n) is 41.5. The monoisotopic (exact) mass is 877 g/mol. The van der Waals surface area contributed by atoms with Crippen molar-refractivity contribution in [2.75, 3.05) is 61.1 Å².